The highest BCUT2D eigenvalue weighted by atomic mass is 32.1. The molecule has 1 aliphatic heterocycles. The van der Waals surface area contributed by atoms with Crippen molar-refractivity contribution < 1.29 is 9.59 Å². The number of benzene rings is 1. The molecule has 1 unspecified atom stereocenters. The summed E-state index contributed by atoms with van der Waals surface area (Å²) in [6.45, 7) is 11.4. The topological polar surface area (TPSA) is 64.7 Å². The minimum absolute atomic E-state index is 0.0202. The van der Waals surface area contributed by atoms with Crippen LogP contribution in [0.2, 0.25) is 0 Å². The molecule has 1 aromatic carbocycles. The number of hydrogen-bond acceptors (Lipinski definition) is 5. The smallest absolute Gasteiger partial charge is 0.262 e. The number of thiophene rings is 1. The lowest BCUT2D eigenvalue weighted by molar-refractivity contribution is -0.124. The number of carbonyl (C=O) groups excluding carboxylic acids is 2. The molecule has 0 spiro atoms. The second-order valence-electron chi connectivity index (χ2n) is 8.13. The largest absolute Gasteiger partial charge is 0.369 e. The van der Waals surface area contributed by atoms with Crippen molar-refractivity contribution in [2.24, 2.45) is 5.92 Å². The van der Waals surface area contributed by atoms with Crippen molar-refractivity contribution in [3.8, 4) is 0 Å². The third-order valence-electron chi connectivity index (χ3n) is 5.45. The lowest BCUT2D eigenvalue weighted by atomic mass is 10.0. The van der Waals surface area contributed by atoms with E-state index >= 15 is 0 Å². The van der Waals surface area contributed by atoms with Gasteiger partial charge < -0.3 is 15.5 Å². The van der Waals surface area contributed by atoms with Crippen LogP contribution in [0.25, 0.3) is 0 Å². The quantitative estimate of drug-likeness (QED) is 0.679. The van der Waals surface area contributed by atoms with Crippen LogP contribution in [0.15, 0.2) is 41.8 Å². The average molecular weight is 429 g/mol. The van der Waals surface area contributed by atoms with Gasteiger partial charge in [0, 0.05) is 45.0 Å². The molecule has 3 rings (SSSR count). The molecule has 2 amide bonds. The molecule has 0 bridgehead atoms. The van der Waals surface area contributed by atoms with E-state index in [0.29, 0.717) is 11.4 Å². The van der Waals surface area contributed by atoms with Gasteiger partial charge in [-0.3, -0.25) is 14.5 Å². The average Bonchev–Trinajstić information content (AvgIpc) is 3.27. The first kappa shape index (κ1) is 22.3. The van der Waals surface area contributed by atoms with Gasteiger partial charge in [-0.15, -0.1) is 11.3 Å². The molecule has 1 aliphatic rings. The number of hydrogen-bond donors (Lipinski definition) is 2. The van der Waals surface area contributed by atoms with Gasteiger partial charge in [0.25, 0.3) is 5.91 Å². The Morgan fingerprint density at radius 1 is 1.10 bits per heavy atom. The van der Waals surface area contributed by atoms with E-state index in [1.165, 1.54) is 22.6 Å². The number of anilines is 1. The van der Waals surface area contributed by atoms with Gasteiger partial charge in [-0.05, 0) is 42.0 Å². The Morgan fingerprint density at radius 3 is 2.50 bits per heavy atom. The zero-order valence-corrected chi connectivity index (χ0v) is 18.9. The molecular weight excluding hydrogens is 396 g/mol. The fourth-order valence-corrected chi connectivity index (χ4v) is 4.28. The van der Waals surface area contributed by atoms with Crippen LogP contribution in [-0.2, 0) is 4.79 Å². The third-order valence-corrected chi connectivity index (χ3v) is 6.32. The van der Waals surface area contributed by atoms with E-state index in [0.717, 1.165) is 32.7 Å². The molecule has 1 fully saturated rings. The standard InChI is InChI=1S/C23H32N4O2S/c1-17(2)21(25-22(28)20-8-5-15-30-20)23(29)24-9-10-26-11-13-27(14-12-26)19-7-4-6-18(3)16-19/h4-8,15-17,21H,9-14H2,1-3H3,(H,24,29)(H,25,28). The van der Waals surface area contributed by atoms with Crippen molar-refractivity contribution in [3.63, 3.8) is 0 Å². The summed E-state index contributed by atoms with van der Waals surface area (Å²) in [6, 6.07) is 11.7. The zero-order chi connectivity index (χ0) is 21.5. The second-order valence-corrected chi connectivity index (χ2v) is 9.08. The van der Waals surface area contributed by atoms with Crippen LogP contribution in [0.3, 0.4) is 0 Å². The SMILES string of the molecule is Cc1cccc(N2CCN(CCNC(=O)C(NC(=O)c3cccs3)C(C)C)CC2)c1. The van der Waals surface area contributed by atoms with E-state index in [1.807, 2.05) is 25.3 Å². The van der Waals surface area contributed by atoms with Gasteiger partial charge in [0.2, 0.25) is 5.91 Å². The molecule has 1 atom stereocenters. The maximum atomic E-state index is 12.7. The molecule has 30 heavy (non-hydrogen) atoms. The molecule has 2 aromatic rings. The maximum absolute atomic E-state index is 12.7. The molecule has 162 valence electrons. The highest BCUT2D eigenvalue weighted by Gasteiger charge is 2.25. The normalized spacial score (nSPS) is 15.8. The molecule has 1 aromatic heterocycles. The van der Waals surface area contributed by atoms with E-state index < -0.39 is 6.04 Å². The Balaban J connectivity index is 1.41. The lowest BCUT2D eigenvalue weighted by Gasteiger charge is -2.36. The highest BCUT2D eigenvalue weighted by Crippen LogP contribution is 2.17. The van der Waals surface area contributed by atoms with Gasteiger partial charge in [0.05, 0.1) is 4.88 Å². The van der Waals surface area contributed by atoms with Crippen molar-refractivity contribution >= 4 is 28.8 Å². The van der Waals surface area contributed by atoms with Gasteiger partial charge in [-0.25, -0.2) is 0 Å². The molecule has 2 N–H and O–H groups in total. The monoisotopic (exact) mass is 428 g/mol. The summed E-state index contributed by atoms with van der Waals surface area (Å²) in [5.74, 6) is -0.286. The van der Waals surface area contributed by atoms with E-state index in [4.69, 9.17) is 0 Å². The van der Waals surface area contributed by atoms with Crippen molar-refractivity contribution in [2.75, 3.05) is 44.2 Å². The predicted molar refractivity (Wildman–Crippen MR) is 123 cm³/mol. The molecule has 0 saturated carbocycles. The third kappa shape index (κ3) is 6.06. The van der Waals surface area contributed by atoms with Gasteiger partial charge in [-0.1, -0.05) is 32.0 Å². The highest BCUT2D eigenvalue weighted by molar-refractivity contribution is 7.12. The first-order valence-electron chi connectivity index (χ1n) is 10.6. The Labute approximate surface area is 183 Å². The van der Waals surface area contributed by atoms with Crippen LogP contribution in [0.5, 0.6) is 0 Å². The summed E-state index contributed by atoms with van der Waals surface area (Å²) in [4.78, 5) is 30.4. The van der Waals surface area contributed by atoms with Gasteiger partial charge in [-0.2, -0.15) is 0 Å². The van der Waals surface area contributed by atoms with Crippen LogP contribution in [-0.4, -0.2) is 62.0 Å². The summed E-state index contributed by atoms with van der Waals surface area (Å²) < 4.78 is 0. The summed E-state index contributed by atoms with van der Waals surface area (Å²) in [5.41, 5.74) is 2.56. The minimum Gasteiger partial charge on any atom is -0.369 e. The summed E-state index contributed by atoms with van der Waals surface area (Å²) >= 11 is 1.38. The number of nitrogens with one attached hydrogen (secondary N) is 2. The summed E-state index contributed by atoms with van der Waals surface area (Å²) in [7, 11) is 0. The fraction of sp³-hybridized carbons (Fsp3) is 0.478. The molecular formula is C23H32N4O2S. The maximum Gasteiger partial charge on any atom is 0.262 e. The number of nitrogens with zero attached hydrogens (tertiary/aromatic N) is 2. The van der Waals surface area contributed by atoms with Crippen molar-refractivity contribution in [1.29, 1.82) is 0 Å². The van der Waals surface area contributed by atoms with Gasteiger partial charge >= 0.3 is 0 Å². The summed E-state index contributed by atoms with van der Waals surface area (Å²) in [6.07, 6.45) is 0. The van der Waals surface area contributed by atoms with Crippen LogP contribution in [0.4, 0.5) is 5.69 Å². The van der Waals surface area contributed by atoms with Crippen molar-refractivity contribution in [2.45, 2.75) is 26.8 Å². The van der Waals surface area contributed by atoms with Crippen LogP contribution in [0, 0.1) is 12.8 Å². The number of amides is 2. The number of rotatable bonds is 8. The first-order chi connectivity index (χ1) is 14.4. The first-order valence-corrected chi connectivity index (χ1v) is 11.5. The molecule has 7 heteroatoms. The second kappa shape index (κ2) is 10.6. The number of piperazine rings is 1. The Bertz CT molecular complexity index is 829. The van der Waals surface area contributed by atoms with Crippen molar-refractivity contribution in [1.82, 2.24) is 15.5 Å². The predicted octanol–water partition coefficient (Wildman–Crippen LogP) is 2.75. The van der Waals surface area contributed by atoms with Crippen molar-refractivity contribution in [3.05, 3.63) is 52.2 Å². The molecule has 0 radical (unpaired) electrons. The number of carbonyl (C=O) groups is 2. The fourth-order valence-electron chi connectivity index (χ4n) is 3.66. The lowest BCUT2D eigenvalue weighted by Crippen LogP contribution is -2.52. The molecule has 6 nitrogen and oxygen atoms in total. The van der Waals surface area contributed by atoms with Crippen LogP contribution in [0.1, 0.15) is 29.1 Å². The van der Waals surface area contributed by atoms with Crippen LogP contribution < -0.4 is 15.5 Å². The Kier molecular flexibility index (Phi) is 7.87. The van der Waals surface area contributed by atoms with E-state index in [2.05, 4.69) is 51.6 Å². The molecule has 0 aliphatic carbocycles. The minimum atomic E-state index is -0.530. The zero-order valence-electron chi connectivity index (χ0n) is 18.1. The Morgan fingerprint density at radius 2 is 1.87 bits per heavy atom. The van der Waals surface area contributed by atoms with E-state index in [9.17, 15) is 9.59 Å². The van der Waals surface area contributed by atoms with E-state index in [-0.39, 0.29) is 17.7 Å². The van der Waals surface area contributed by atoms with E-state index in [1.54, 1.807) is 6.07 Å². The van der Waals surface area contributed by atoms with Crippen LogP contribution >= 0.6 is 11.3 Å². The molecule has 2 heterocycles. The molecule has 1 saturated heterocycles. The number of aryl methyl sites for hydroxylation is 1. The van der Waals surface area contributed by atoms with Gasteiger partial charge in [0.15, 0.2) is 0 Å². The summed E-state index contributed by atoms with van der Waals surface area (Å²) in [5, 5.41) is 7.74. The Hall–Kier alpha value is -2.38. The van der Waals surface area contributed by atoms with Gasteiger partial charge in [0.1, 0.15) is 6.04 Å².